The molecule has 0 aliphatic rings. The Balaban J connectivity index is 1.92. The largest absolute Gasteiger partial charge is 0.349 e. The number of nitrogens with zero attached hydrogens (tertiary/aromatic N) is 1. The number of aromatic nitrogens is 1. The van der Waals surface area contributed by atoms with Crippen molar-refractivity contribution in [2.75, 3.05) is 0 Å². The molecule has 2 aromatic heterocycles. The molecule has 0 radical (unpaired) electrons. The molecule has 0 bridgehead atoms. The average Bonchev–Trinajstić information content (AvgIpc) is 2.87. The molecule has 2 nitrogen and oxygen atoms in total. The van der Waals surface area contributed by atoms with Crippen LogP contribution in [0.1, 0.15) is 24.3 Å². The third kappa shape index (κ3) is 3.22. The molecule has 0 spiro atoms. The summed E-state index contributed by atoms with van der Waals surface area (Å²) in [5.41, 5.74) is 1.35. The van der Waals surface area contributed by atoms with Crippen LogP contribution < -0.4 is 5.32 Å². The lowest BCUT2D eigenvalue weighted by molar-refractivity contribution is 0.588. The van der Waals surface area contributed by atoms with E-state index in [0.717, 1.165) is 13.1 Å². The zero-order chi connectivity index (χ0) is 11.4. The molecule has 3 heteroatoms. The molecule has 1 N–H and O–H groups in total. The Morgan fingerprint density at radius 1 is 1.38 bits per heavy atom. The zero-order valence-corrected chi connectivity index (χ0v) is 10.6. The van der Waals surface area contributed by atoms with Gasteiger partial charge in [0.1, 0.15) is 0 Å². The Bertz CT molecular complexity index is 415. The van der Waals surface area contributed by atoms with Crippen LogP contribution >= 0.6 is 11.3 Å². The summed E-state index contributed by atoms with van der Waals surface area (Å²) in [5, 5.41) is 5.55. The van der Waals surface area contributed by atoms with Gasteiger partial charge in [0.15, 0.2) is 0 Å². The Kier molecular flexibility index (Phi) is 3.80. The van der Waals surface area contributed by atoms with Gasteiger partial charge in [-0.05, 0) is 23.1 Å². The quantitative estimate of drug-likeness (QED) is 0.841. The maximum atomic E-state index is 3.42. The van der Waals surface area contributed by atoms with Crippen molar-refractivity contribution >= 4 is 11.3 Å². The number of hydrogen-bond acceptors (Lipinski definition) is 2. The smallest absolute Gasteiger partial charge is 0.0563 e. The predicted octanol–water partition coefficient (Wildman–Crippen LogP) is 3.10. The maximum Gasteiger partial charge on any atom is 0.0563 e. The lowest BCUT2D eigenvalue weighted by Gasteiger charge is -2.05. The van der Waals surface area contributed by atoms with Crippen LogP contribution in [-0.2, 0) is 13.1 Å². The third-order valence-electron chi connectivity index (χ3n) is 2.44. The van der Waals surface area contributed by atoms with Crippen LogP contribution in [0, 0.1) is 0 Å². The van der Waals surface area contributed by atoms with E-state index < -0.39 is 0 Å². The van der Waals surface area contributed by atoms with E-state index in [0.29, 0.717) is 6.04 Å². The Morgan fingerprint density at radius 3 is 2.94 bits per heavy atom. The maximum absolute atomic E-state index is 3.42. The highest BCUT2D eigenvalue weighted by atomic mass is 32.1. The SMILES string of the molecule is CC(C)NCc1ccn(Cc2cccs2)c1. The summed E-state index contributed by atoms with van der Waals surface area (Å²) < 4.78 is 2.24. The first kappa shape index (κ1) is 11.4. The number of hydrogen-bond donors (Lipinski definition) is 1. The van der Waals surface area contributed by atoms with Crippen LogP contribution in [0.25, 0.3) is 0 Å². The summed E-state index contributed by atoms with van der Waals surface area (Å²) in [6.07, 6.45) is 4.37. The highest BCUT2D eigenvalue weighted by Gasteiger charge is 1.99. The van der Waals surface area contributed by atoms with E-state index in [4.69, 9.17) is 0 Å². The molecule has 0 unspecified atom stereocenters. The van der Waals surface area contributed by atoms with Crippen molar-refractivity contribution in [2.45, 2.75) is 33.0 Å². The highest BCUT2D eigenvalue weighted by Crippen LogP contribution is 2.11. The molecule has 0 amide bonds. The topological polar surface area (TPSA) is 17.0 Å². The minimum absolute atomic E-state index is 0.542. The van der Waals surface area contributed by atoms with Crippen molar-refractivity contribution in [3.8, 4) is 0 Å². The molecule has 16 heavy (non-hydrogen) atoms. The molecule has 0 saturated heterocycles. The Hall–Kier alpha value is -1.06. The molecule has 0 atom stereocenters. The summed E-state index contributed by atoms with van der Waals surface area (Å²) in [5.74, 6) is 0. The van der Waals surface area contributed by atoms with Crippen LogP contribution in [0.2, 0.25) is 0 Å². The van der Waals surface area contributed by atoms with Crippen molar-refractivity contribution in [1.82, 2.24) is 9.88 Å². The fourth-order valence-corrected chi connectivity index (χ4v) is 2.31. The molecule has 0 fully saturated rings. The molecule has 2 aromatic rings. The normalized spacial score (nSPS) is 11.2. The fraction of sp³-hybridized carbons (Fsp3) is 0.385. The van der Waals surface area contributed by atoms with Gasteiger partial charge in [-0.25, -0.2) is 0 Å². The van der Waals surface area contributed by atoms with E-state index in [2.05, 4.69) is 59.7 Å². The Labute approximate surface area is 101 Å². The van der Waals surface area contributed by atoms with Crippen LogP contribution in [-0.4, -0.2) is 10.6 Å². The van der Waals surface area contributed by atoms with Crippen LogP contribution in [0.3, 0.4) is 0 Å². The van der Waals surface area contributed by atoms with E-state index in [1.807, 2.05) is 11.3 Å². The van der Waals surface area contributed by atoms with Gasteiger partial charge in [0.25, 0.3) is 0 Å². The van der Waals surface area contributed by atoms with Gasteiger partial charge in [0, 0.05) is 29.9 Å². The van der Waals surface area contributed by atoms with Crippen molar-refractivity contribution in [3.63, 3.8) is 0 Å². The molecular weight excluding hydrogens is 216 g/mol. The molecule has 0 saturated carbocycles. The number of rotatable bonds is 5. The first-order valence-corrected chi connectivity index (χ1v) is 6.52. The van der Waals surface area contributed by atoms with E-state index in [1.54, 1.807) is 0 Å². The van der Waals surface area contributed by atoms with E-state index in [9.17, 15) is 0 Å². The van der Waals surface area contributed by atoms with Gasteiger partial charge in [0.05, 0.1) is 6.54 Å². The zero-order valence-electron chi connectivity index (χ0n) is 9.81. The summed E-state index contributed by atoms with van der Waals surface area (Å²) in [6, 6.07) is 7.00. The highest BCUT2D eigenvalue weighted by molar-refractivity contribution is 7.09. The van der Waals surface area contributed by atoms with Gasteiger partial charge in [-0.1, -0.05) is 19.9 Å². The predicted molar refractivity (Wildman–Crippen MR) is 69.8 cm³/mol. The molecule has 86 valence electrons. The van der Waals surface area contributed by atoms with Crippen molar-refractivity contribution in [3.05, 3.63) is 46.4 Å². The fourth-order valence-electron chi connectivity index (χ4n) is 1.60. The summed E-state index contributed by atoms with van der Waals surface area (Å²) >= 11 is 1.81. The van der Waals surface area contributed by atoms with Gasteiger partial charge in [-0.3, -0.25) is 0 Å². The van der Waals surface area contributed by atoms with Gasteiger partial charge in [-0.2, -0.15) is 0 Å². The van der Waals surface area contributed by atoms with Crippen molar-refractivity contribution < 1.29 is 0 Å². The first-order valence-electron chi connectivity index (χ1n) is 5.64. The van der Waals surface area contributed by atoms with Crippen LogP contribution in [0.4, 0.5) is 0 Å². The average molecular weight is 234 g/mol. The number of nitrogens with one attached hydrogen (secondary N) is 1. The molecule has 2 rings (SSSR count). The third-order valence-corrected chi connectivity index (χ3v) is 3.31. The van der Waals surface area contributed by atoms with Crippen molar-refractivity contribution in [2.24, 2.45) is 0 Å². The second-order valence-corrected chi connectivity index (χ2v) is 5.34. The second kappa shape index (κ2) is 5.32. The Morgan fingerprint density at radius 2 is 2.25 bits per heavy atom. The van der Waals surface area contributed by atoms with E-state index in [-0.39, 0.29) is 0 Å². The second-order valence-electron chi connectivity index (χ2n) is 4.31. The lowest BCUT2D eigenvalue weighted by Crippen LogP contribution is -2.21. The minimum Gasteiger partial charge on any atom is -0.349 e. The van der Waals surface area contributed by atoms with Gasteiger partial charge in [0.2, 0.25) is 0 Å². The summed E-state index contributed by atoms with van der Waals surface area (Å²) in [7, 11) is 0. The first-order chi connectivity index (χ1) is 7.74. The molecule has 2 heterocycles. The minimum atomic E-state index is 0.542. The van der Waals surface area contributed by atoms with E-state index >= 15 is 0 Å². The summed E-state index contributed by atoms with van der Waals surface area (Å²) in [4.78, 5) is 1.40. The standard InChI is InChI=1S/C13H18N2S/c1-11(2)14-8-12-5-6-15(9-12)10-13-4-3-7-16-13/h3-7,9,11,14H,8,10H2,1-2H3. The van der Waals surface area contributed by atoms with Gasteiger partial charge >= 0.3 is 0 Å². The van der Waals surface area contributed by atoms with Crippen LogP contribution in [0.15, 0.2) is 36.0 Å². The van der Waals surface area contributed by atoms with Gasteiger partial charge in [-0.15, -0.1) is 11.3 Å². The van der Waals surface area contributed by atoms with Crippen molar-refractivity contribution in [1.29, 1.82) is 0 Å². The monoisotopic (exact) mass is 234 g/mol. The molecule has 0 aliphatic heterocycles. The number of thiophene rings is 1. The summed E-state index contributed by atoms with van der Waals surface area (Å²) in [6.45, 7) is 6.28. The molecule has 0 aromatic carbocycles. The van der Waals surface area contributed by atoms with Gasteiger partial charge < -0.3 is 9.88 Å². The van der Waals surface area contributed by atoms with Crippen LogP contribution in [0.5, 0.6) is 0 Å². The van der Waals surface area contributed by atoms with E-state index in [1.165, 1.54) is 10.4 Å². The lowest BCUT2D eigenvalue weighted by atomic mass is 10.3. The molecular formula is C13H18N2S. The molecule has 0 aliphatic carbocycles.